The lowest BCUT2D eigenvalue weighted by Crippen LogP contribution is -2.42. The number of rotatable bonds is 5. The average Bonchev–Trinajstić information content (AvgIpc) is 2.54. The van der Waals surface area contributed by atoms with E-state index in [9.17, 15) is 9.59 Å². The summed E-state index contributed by atoms with van der Waals surface area (Å²) in [5.74, 6) is -0.0702. The van der Waals surface area contributed by atoms with Gasteiger partial charge in [-0.15, -0.1) is 0 Å². The van der Waals surface area contributed by atoms with Crippen LogP contribution in [0.3, 0.4) is 0 Å². The summed E-state index contributed by atoms with van der Waals surface area (Å²) in [6, 6.07) is 14.0. The largest absolute Gasteiger partial charge is 0.493 e. The quantitative estimate of drug-likeness (QED) is 0.827. The van der Waals surface area contributed by atoms with E-state index in [4.69, 9.17) is 16.3 Å². The van der Waals surface area contributed by atoms with Gasteiger partial charge in [-0.05, 0) is 37.3 Å². The van der Waals surface area contributed by atoms with Crippen LogP contribution in [0.15, 0.2) is 48.5 Å². The number of hydrazine groups is 1. The summed E-state index contributed by atoms with van der Waals surface area (Å²) < 4.78 is 5.45. The molecule has 0 bridgehead atoms. The monoisotopic (exact) mass is 332 g/mol. The third-order valence-corrected chi connectivity index (χ3v) is 3.26. The summed E-state index contributed by atoms with van der Waals surface area (Å²) in [5, 5.41) is 0.454. The lowest BCUT2D eigenvalue weighted by Gasteiger charge is -2.09. The summed E-state index contributed by atoms with van der Waals surface area (Å²) in [7, 11) is 0. The lowest BCUT2D eigenvalue weighted by atomic mass is 10.2. The minimum atomic E-state index is -0.430. The van der Waals surface area contributed by atoms with Crippen molar-refractivity contribution in [1.82, 2.24) is 10.9 Å². The molecule has 0 saturated heterocycles. The van der Waals surface area contributed by atoms with Crippen LogP contribution in [0, 0.1) is 6.92 Å². The Morgan fingerprint density at radius 3 is 2.52 bits per heavy atom. The number of hydrogen-bond donors (Lipinski definition) is 2. The second-order valence-electron chi connectivity index (χ2n) is 4.92. The minimum Gasteiger partial charge on any atom is -0.493 e. The van der Waals surface area contributed by atoms with E-state index in [0.717, 1.165) is 5.56 Å². The van der Waals surface area contributed by atoms with Gasteiger partial charge in [-0.25, -0.2) is 0 Å². The number of nitrogens with one attached hydrogen (secondary N) is 2. The minimum absolute atomic E-state index is 0.129. The molecule has 6 heteroatoms. The smallest absolute Gasteiger partial charge is 0.269 e. The molecule has 23 heavy (non-hydrogen) atoms. The summed E-state index contributed by atoms with van der Waals surface area (Å²) in [5.41, 5.74) is 6.17. The van der Waals surface area contributed by atoms with E-state index in [1.165, 1.54) is 6.07 Å². The molecule has 2 N–H and O–H groups in total. The van der Waals surface area contributed by atoms with E-state index in [1.54, 1.807) is 18.2 Å². The molecule has 0 unspecified atom stereocenters. The Balaban J connectivity index is 1.70. The van der Waals surface area contributed by atoms with Crippen LogP contribution in [0.4, 0.5) is 0 Å². The van der Waals surface area contributed by atoms with Crippen molar-refractivity contribution in [2.24, 2.45) is 0 Å². The fourth-order valence-electron chi connectivity index (χ4n) is 1.79. The van der Waals surface area contributed by atoms with Crippen molar-refractivity contribution >= 4 is 23.4 Å². The van der Waals surface area contributed by atoms with Gasteiger partial charge in [0.25, 0.3) is 5.91 Å². The molecular formula is C17H17ClN2O3. The Kier molecular flexibility index (Phi) is 6.00. The standard InChI is InChI=1S/C17H17ClN2O3/c1-12-5-7-15(8-6-12)23-10-9-16(21)19-20-17(22)13-3-2-4-14(18)11-13/h2-8,11H,9-10H2,1H3,(H,19,21)(H,20,22). The zero-order valence-corrected chi connectivity index (χ0v) is 13.4. The van der Waals surface area contributed by atoms with Crippen LogP contribution in [0.25, 0.3) is 0 Å². The highest BCUT2D eigenvalue weighted by atomic mass is 35.5. The fourth-order valence-corrected chi connectivity index (χ4v) is 1.98. The van der Waals surface area contributed by atoms with Gasteiger partial charge in [0.05, 0.1) is 13.0 Å². The number of halogens is 1. The van der Waals surface area contributed by atoms with E-state index in [-0.39, 0.29) is 18.9 Å². The molecule has 0 aliphatic heterocycles. The molecule has 2 rings (SSSR count). The molecule has 0 saturated carbocycles. The predicted octanol–water partition coefficient (Wildman–Crippen LogP) is 2.88. The Labute approximate surface area is 139 Å². The number of aryl methyl sites for hydroxylation is 1. The van der Waals surface area contributed by atoms with Gasteiger partial charge < -0.3 is 4.74 Å². The number of carbonyl (C=O) groups excluding carboxylic acids is 2. The SMILES string of the molecule is Cc1ccc(OCCC(=O)NNC(=O)c2cccc(Cl)c2)cc1. The molecule has 2 aromatic carbocycles. The van der Waals surface area contributed by atoms with Crippen LogP contribution in [0.1, 0.15) is 22.3 Å². The molecule has 0 spiro atoms. The topological polar surface area (TPSA) is 67.4 Å². The first-order valence-corrected chi connectivity index (χ1v) is 7.46. The van der Waals surface area contributed by atoms with Crippen LogP contribution in [0.2, 0.25) is 5.02 Å². The number of carbonyl (C=O) groups is 2. The maximum absolute atomic E-state index is 11.8. The van der Waals surface area contributed by atoms with Gasteiger partial charge in [-0.2, -0.15) is 0 Å². The molecular weight excluding hydrogens is 316 g/mol. The molecule has 2 amide bonds. The molecule has 0 radical (unpaired) electrons. The van der Waals surface area contributed by atoms with Crippen LogP contribution in [-0.4, -0.2) is 18.4 Å². The Hall–Kier alpha value is -2.53. The van der Waals surface area contributed by atoms with Gasteiger partial charge in [0.2, 0.25) is 5.91 Å². The third kappa shape index (κ3) is 5.64. The average molecular weight is 333 g/mol. The maximum Gasteiger partial charge on any atom is 0.269 e. The molecule has 5 nitrogen and oxygen atoms in total. The van der Waals surface area contributed by atoms with Crippen molar-refractivity contribution in [3.05, 3.63) is 64.7 Å². The third-order valence-electron chi connectivity index (χ3n) is 3.02. The summed E-state index contributed by atoms with van der Waals surface area (Å²) in [4.78, 5) is 23.5. The normalized spacial score (nSPS) is 10.0. The van der Waals surface area contributed by atoms with Crippen molar-refractivity contribution in [2.45, 2.75) is 13.3 Å². The van der Waals surface area contributed by atoms with Crippen molar-refractivity contribution in [2.75, 3.05) is 6.61 Å². The Morgan fingerprint density at radius 1 is 1.09 bits per heavy atom. The predicted molar refractivity (Wildman–Crippen MR) is 88.4 cm³/mol. The number of benzene rings is 2. The van der Waals surface area contributed by atoms with E-state index < -0.39 is 5.91 Å². The number of ether oxygens (including phenoxy) is 1. The van der Waals surface area contributed by atoms with E-state index in [0.29, 0.717) is 16.3 Å². The lowest BCUT2D eigenvalue weighted by molar-refractivity contribution is -0.122. The highest BCUT2D eigenvalue weighted by Gasteiger charge is 2.07. The summed E-state index contributed by atoms with van der Waals surface area (Å²) >= 11 is 5.80. The molecule has 0 heterocycles. The molecule has 0 aliphatic carbocycles. The van der Waals surface area contributed by atoms with Crippen molar-refractivity contribution in [3.63, 3.8) is 0 Å². The molecule has 0 aromatic heterocycles. The van der Waals surface area contributed by atoms with Gasteiger partial charge in [0, 0.05) is 10.6 Å². The first-order valence-electron chi connectivity index (χ1n) is 7.09. The van der Waals surface area contributed by atoms with Gasteiger partial charge in [-0.1, -0.05) is 35.4 Å². The zero-order chi connectivity index (χ0) is 16.7. The first-order chi connectivity index (χ1) is 11.0. The summed E-state index contributed by atoms with van der Waals surface area (Å²) in [6.07, 6.45) is 0.129. The summed E-state index contributed by atoms with van der Waals surface area (Å²) in [6.45, 7) is 2.21. The zero-order valence-electron chi connectivity index (χ0n) is 12.6. The number of hydrogen-bond acceptors (Lipinski definition) is 3. The molecule has 0 atom stereocenters. The van der Waals surface area contributed by atoms with Gasteiger partial charge in [0.1, 0.15) is 5.75 Å². The van der Waals surface area contributed by atoms with Gasteiger partial charge in [0.15, 0.2) is 0 Å². The van der Waals surface area contributed by atoms with E-state index >= 15 is 0 Å². The fraction of sp³-hybridized carbons (Fsp3) is 0.176. The van der Waals surface area contributed by atoms with Crippen molar-refractivity contribution in [3.8, 4) is 5.75 Å². The van der Waals surface area contributed by atoms with Gasteiger partial charge >= 0.3 is 0 Å². The highest BCUT2D eigenvalue weighted by Crippen LogP contribution is 2.11. The maximum atomic E-state index is 11.8. The van der Waals surface area contributed by atoms with Gasteiger partial charge in [-0.3, -0.25) is 20.4 Å². The molecule has 0 aliphatic rings. The van der Waals surface area contributed by atoms with Crippen LogP contribution in [0.5, 0.6) is 5.75 Å². The van der Waals surface area contributed by atoms with E-state index in [1.807, 2.05) is 31.2 Å². The Morgan fingerprint density at radius 2 is 1.83 bits per heavy atom. The molecule has 0 fully saturated rings. The van der Waals surface area contributed by atoms with Crippen molar-refractivity contribution < 1.29 is 14.3 Å². The molecule has 2 aromatic rings. The second kappa shape index (κ2) is 8.19. The second-order valence-corrected chi connectivity index (χ2v) is 5.36. The van der Waals surface area contributed by atoms with Crippen LogP contribution >= 0.6 is 11.6 Å². The Bertz CT molecular complexity index is 686. The van der Waals surface area contributed by atoms with Crippen molar-refractivity contribution in [1.29, 1.82) is 0 Å². The first kappa shape index (κ1) is 16.8. The highest BCUT2D eigenvalue weighted by molar-refractivity contribution is 6.30. The van der Waals surface area contributed by atoms with Crippen LogP contribution < -0.4 is 15.6 Å². The molecule has 120 valence electrons. The number of amides is 2. The van der Waals surface area contributed by atoms with E-state index in [2.05, 4.69) is 10.9 Å². The van der Waals surface area contributed by atoms with Crippen LogP contribution in [-0.2, 0) is 4.79 Å².